The summed E-state index contributed by atoms with van der Waals surface area (Å²) in [5.74, 6) is 0. The molecule has 0 spiro atoms. The van der Waals surface area contributed by atoms with E-state index in [0.29, 0.717) is 0 Å². The molecule has 0 bridgehead atoms. The summed E-state index contributed by atoms with van der Waals surface area (Å²) in [6.45, 7) is 0. The zero-order valence-electron chi connectivity index (χ0n) is 11.9. The molecule has 0 heterocycles. The molecule has 4 amide bonds. The first-order valence-electron chi connectivity index (χ1n) is 5.80. The molecular weight excluding hydrogens is 302 g/mol. The first-order valence-corrected chi connectivity index (χ1v) is 5.80. The summed E-state index contributed by atoms with van der Waals surface area (Å²) in [6, 6.07) is 14.8. The van der Waals surface area contributed by atoms with Crippen LogP contribution in [0.2, 0.25) is 0 Å². The van der Waals surface area contributed by atoms with Gasteiger partial charge in [0, 0.05) is 0 Å². The zero-order chi connectivity index (χ0) is 18.1. The SMILES string of the molecule is N=C=O.N=C=O.NC(=O)NC(N)=O.c1ccc2ccccc2c1. The van der Waals surface area contributed by atoms with Crippen LogP contribution in [0.1, 0.15) is 0 Å². The summed E-state index contributed by atoms with van der Waals surface area (Å²) >= 11 is 0. The molecule has 2 rings (SSSR count). The molecule has 0 radical (unpaired) electrons. The highest BCUT2D eigenvalue weighted by Gasteiger charge is 1.92. The Bertz CT molecular complexity index is 601. The predicted molar refractivity (Wildman–Crippen MR) is 83.1 cm³/mol. The van der Waals surface area contributed by atoms with E-state index in [9.17, 15) is 9.59 Å². The number of isocyanates is 2. The van der Waals surface area contributed by atoms with Crippen LogP contribution in [-0.2, 0) is 9.59 Å². The van der Waals surface area contributed by atoms with Gasteiger partial charge in [-0.25, -0.2) is 30.0 Å². The lowest BCUT2D eigenvalue weighted by Gasteiger charge is -1.92. The molecule has 0 aromatic heterocycles. The molecule has 0 unspecified atom stereocenters. The minimum atomic E-state index is -0.938. The normalized spacial score (nSPS) is 7.30. The van der Waals surface area contributed by atoms with E-state index in [0.717, 1.165) is 12.2 Å². The molecule has 120 valence electrons. The first-order chi connectivity index (χ1) is 10.9. The predicted octanol–water partition coefficient (Wildman–Crippen LogP) is 1.38. The maximum Gasteiger partial charge on any atom is 0.320 e. The van der Waals surface area contributed by atoms with Crippen LogP contribution >= 0.6 is 0 Å². The standard InChI is InChI=1S/C10H8.C2H5N3O2.2CHNO/c1-2-6-10-8-4-3-7-9(10)5-1;3-1(6)5-2(4)7;2*2-1-3/h1-8H;(H5,3,4,5,6,7);2*2H. The van der Waals surface area contributed by atoms with E-state index >= 15 is 0 Å². The third kappa shape index (κ3) is 14.4. The third-order valence-corrected chi connectivity index (χ3v) is 1.91. The second-order valence-corrected chi connectivity index (χ2v) is 3.40. The van der Waals surface area contributed by atoms with Gasteiger partial charge in [0.15, 0.2) is 0 Å². The number of amides is 4. The molecule has 9 nitrogen and oxygen atoms in total. The molecule has 7 N–H and O–H groups in total. The number of imide groups is 1. The van der Waals surface area contributed by atoms with Crippen molar-refractivity contribution in [3.8, 4) is 0 Å². The van der Waals surface area contributed by atoms with E-state index in [4.69, 9.17) is 20.4 Å². The number of carbonyl (C=O) groups excluding carboxylic acids is 4. The highest BCUT2D eigenvalue weighted by molar-refractivity contribution is 5.91. The van der Waals surface area contributed by atoms with Crippen LogP contribution in [0.4, 0.5) is 9.59 Å². The Morgan fingerprint density at radius 1 is 0.783 bits per heavy atom. The van der Waals surface area contributed by atoms with Crippen molar-refractivity contribution in [2.45, 2.75) is 0 Å². The molecular formula is C14H15N5O4. The van der Waals surface area contributed by atoms with Gasteiger partial charge in [-0.05, 0) is 10.8 Å². The fourth-order valence-electron chi connectivity index (χ4n) is 1.25. The van der Waals surface area contributed by atoms with Gasteiger partial charge < -0.3 is 11.5 Å². The Morgan fingerprint density at radius 2 is 1.00 bits per heavy atom. The molecule has 2 aromatic carbocycles. The number of nitrogens with two attached hydrogens (primary N) is 2. The molecule has 0 aliphatic carbocycles. The van der Waals surface area contributed by atoms with Crippen LogP contribution in [0.25, 0.3) is 10.8 Å². The number of hydrogen-bond acceptors (Lipinski definition) is 6. The average Bonchev–Trinajstić information content (AvgIpc) is 2.48. The Balaban J connectivity index is 0. The molecule has 2 aromatic rings. The number of hydrogen-bond donors (Lipinski definition) is 5. The van der Waals surface area contributed by atoms with Crippen LogP contribution in [0.5, 0.6) is 0 Å². The minimum absolute atomic E-state index is 0.750. The monoisotopic (exact) mass is 317 g/mol. The van der Waals surface area contributed by atoms with E-state index in [1.54, 1.807) is 5.32 Å². The van der Waals surface area contributed by atoms with Gasteiger partial charge in [-0.15, -0.1) is 0 Å². The summed E-state index contributed by atoms with van der Waals surface area (Å²) in [4.78, 5) is 35.9. The summed E-state index contributed by atoms with van der Waals surface area (Å²) in [6.07, 6.45) is 1.50. The van der Waals surface area contributed by atoms with Gasteiger partial charge in [0.1, 0.15) is 0 Å². The van der Waals surface area contributed by atoms with E-state index in [1.165, 1.54) is 10.8 Å². The van der Waals surface area contributed by atoms with Crippen LogP contribution < -0.4 is 16.8 Å². The molecule has 0 fully saturated rings. The first kappa shape index (κ1) is 21.5. The maximum atomic E-state index is 9.62. The second kappa shape index (κ2) is 14.6. The second-order valence-electron chi connectivity index (χ2n) is 3.40. The van der Waals surface area contributed by atoms with Crippen LogP contribution in [0.15, 0.2) is 48.5 Å². The molecule has 0 aliphatic heterocycles. The van der Waals surface area contributed by atoms with Crippen LogP contribution in [0.3, 0.4) is 0 Å². The Morgan fingerprint density at radius 3 is 1.13 bits per heavy atom. The van der Waals surface area contributed by atoms with E-state index < -0.39 is 12.1 Å². The lowest BCUT2D eigenvalue weighted by atomic mass is 10.1. The lowest BCUT2D eigenvalue weighted by molar-refractivity contribution is 0.236. The summed E-state index contributed by atoms with van der Waals surface area (Å²) < 4.78 is 0. The van der Waals surface area contributed by atoms with E-state index in [2.05, 4.69) is 60.0 Å². The molecule has 0 saturated carbocycles. The number of urea groups is 2. The fourth-order valence-corrected chi connectivity index (χ4v) is 1.25. The van der Waals surface area contributed by atoms with Crippen molar-refractivity contribution in [3.63, 3.8) is 0 Å². The van der Waals surface area contributed by atoms with Gasteiger partial charge >= 0.3 is 12.1 Å². The molecule has 9 heteroatoms. The third-order valence-electron chi connectivity index (χ3n) is 1.91. The lowest BCUT2D eigenvalue weighted by Crippen LogP contribution is -2.38. The van der Waals surface area contributed by atoms with Gasteiger partial charge in [0.05, 0.1) is 0 Å². The Kier molecular flexibility index (Phi) is 13.7. The number of rotatable bonds is 0. The number of fused-ring (bicyclic) bond motifs is 1. The summed E-state index contributed by atoms with van der Waals surface area (Å²) in [5.41, 5.74) is 8.88. The number of benzene rings is 2. The summed E-state index contributed by atoms with van der Waals surface area (Å²) in [7, 11) is 0. The molecule has 0 atom stereocenters. The number of carbonyl (C=O) groups is 2. The smallest absolute Gasteiger partial charge is 0.320 e. The van der Waals surface area contributed by atoms with Gasteiger partial charge in [-0.1, -0.05) is 48.5 Å². The van der Waals surface area contributed by atoms with Crippen molar-refractivity contribution in [1.29, 1.82) is 10.8 Å². The van der Waals surface area contributed by atoms with Gasteiger partial charge in [-0.2, -0.15) is 0 Å². The topological polar surface area (TPSA) is 180 Å². The molecule has 23 heavy (non-hydrogen) atoms. The van der Waals surface area contributed by atoms with Gasteiger partial charge in [-0.3, -0.25) is 5.32 Å². The van der Waals surface area contributed by atoms with Crippen molar-refractivity contribution in [2.75, 3.05) is 0 Å². The zero-order valence-corrected chi connectivity index (χ0v) is 11.9. The van der Waals surface area contributed by atoms with Crippen molar-refractivity contribution >= 4 is 35.0 Å². The van der Waals surface area contributed by atoms with Crippen LogP contribution in [0, 0.1) is 10.8 Å². The van der Waals surface area contributed by atoms with Crippen molar-refractivity contribution in [1.82, 2.24) is 5.32 Å². The van der Waals surface area contributed by atoms with E-state index in [-0.39, 0.29) is 0 Å². The van der Waals surface area contributed by atoms with Gasteiger partial charge in [0.2, 0.25) is 12.2 Å². The Hall–Kier alpha value is -3.80. The maximum absolute atomic E-state index is 9.62. The van der Waals surface area contributed by atoms with Gasteiger partial charge in [0.25, 0.3) is 0 Å². The number of nitrogens with one attached hydrogen (secondary N) is 3. The summed E-state index contributed by atoms with van der Waals surface area (Å²) in [5, 5.41) is 15.0. The Labute approximate surface area is 131 Å². The van der Waals surface area contributed by atoms with Crippen LogP contribution in [-0.4, -0.2) is 24.2 Å². The largest absolute Gasteiger partial charge is 0.351 e. The van der Waals surface area contributed by atoms with Crippen molar-refractivity contribution < 1.29 is 19.2 Å². The quantitative estimate of drug-likeness (QED) is 0.364. The minimum Gasteiger partial charge on any atom is -0.351 e. The highest BCUT2D eigenvalue weighted by Crippen LogP contribution is 2.11. The van der Waals surface area contributed by atoms with Crippen molar-refractivity contribution in [2.24, 2.45) is 11.5 Å². The molecule has 0 aliphatic rings. The number of primary amides is 2. The average molecular weight is 317 g/mol. The molecule has 0 saturated heterocycles. The van der Waals surface area contributed by atoms with E-state index in [1.807, 2.05) is 0 Å². The highest BCUT2D eigenvalue weighted by atomic mass is 16.2. The van der Waals surface area contributed by atoms with Crippen molar-refractivity contribution in [3.05, 3.63) is 48.5 Å². The fraction of sp³-hybridized carbons (Fsp3) is 0.